The second-order valence-electron chi connectivity index (χ2n) is 6.00. The van der Waals surface area contributed by atoms with Crippen LogP contribution >= 0.6 is 0 Å². The molecule has 0 radical (unpaired) electrons. The van der Waals surface area contributed by atoms with Crippen molar-refractivity contribution in [1.29, 1.82) is 0 Å². The van der Waals surface area contributed by atoms with Gasteiger partial charge in [-0.25, -0.2) is 23.1 Å². The first-order chi connectivity index (χ1) is 13.2. The highest BCUT2D eigenvalue weighted by Gasteiger charge is 2.17. The molecule has 7 heteroatoms. The zero-order valence-corrected chi connectivity index (χ0v) is 16.2. The van der Waals surface area contributed by atoms with Crippen LogP contribution in [-0.4, -0.2) is 19.0 Å². The van der Waals surface area contributed by atoms with E-state index in [1.54, 1.807) is 0 Å². The van der Waals surface area contributed by atoms with Gasteiger partial charge in [-0.3, -0.25) is 0 Å². The zero-order valence-electron chi connectivity index (χ0n) is 15.4. The third kappa shape index (κ3) is 7.87. The minimum Gasteiger partial charge on any atom is -0.383 e. The van der Waals surface area contributed by atoms with Crippen LogP contribution in [0, 0.1) is 10.2 Å². The van der Waals surface area contributed by atoms with E-state index in [1.807, 2.05) is 55.5 Å². The van der Waals surface area contributed by atoms with E-state index in [9.17, 15) is 0 Å². The van der Waals surface area contributed by atoms with Crippen molar-refractivity contribution in [3.8, 4) is 22.5 Å². The number of nitrogens with zero attached hydrogens (tertiary/aromatic N) is 1. The highest BCUT2D eigenvalue weighted by atomic mass is 35.7. The normalized spacial score (nSPS) is 11.1. The van der Waals surface area contributed by atoms with E-state index < -0.39 is 10.2 Å². The van der Waals surface area contributed by atoms with Gasteiger partial charge in [-0.1, -0.05) is 48.5 Å². The molecule has 0 N–H and O–H groups in total. The molecule has 1 heterocycles. The third-order valence-corrected chi connectivity index (χ3v) is 3.51. The minimum absolute atomic E-state index is 0.832. The van der Waals surface area contributed by atoms with Gasteiger partial charge in [0.2, 0.25) is 0 Å². The molecule has 0 amide bonds. The fraction of sp³-hybridized carbons (Fsp3) is 0.0952. The smallest absolute Gasteiger partial charge is 0.361 e. The van der Waals surface area contributed by atoms with E-state index in [2.05, 4.69) is 48.5 Å². The number of rotatable bonds is 4. The van der Waals surface area contributed by atoms with Gasteiger partial charge in [0.1, 0.15) is 0 Å². The summed E-state index contributed by atoms with van der Waals surface area (Å²) in [5, 5.41) is 0. The molecule has 0 saturated carbocycles. The molecule has 0 unspecified atom stereocenters. The fourth-order valence-corrected chi connectivity index (χ4v) is 2.37. The molecule has 0 spiro atoms. The summed E-state index contributed by atoms with van der Waals surface area (Å²) in [4.78, 5) is 1.99. The lowest BCUT2D eigenvalue weighted by Crippen LogP contribution is -2.68. The number of benzene rings is 2. The molecule has 6 nitrogen and oxygen atoms in total. The van der Waals surface area contributed by atoms with E-state index in [-0.39, 0.29) is 0 Å². The Morgan fingerprint density at radius 1 is 0.750 bits per heavy atom. The Morgan fingerprint density at radius 2 is 1.25 bits per heavy atom. The molecule has 0 aliphatic carbocycles. The van der Waals surface area contributed by atoms with Crippen LogP contribution in [0.4, 0.5) is 0 Å². The van der Waals surface area contributed by atoms with Crippen LogP contribution in [0.5, 0.6) is 0 Å². The Morgan fingerprint density at radius 3 is 1.75 bits per heavy atom. The van der Waals surface area contributed by atoms with Crippen molar-refractivity contribution in [3.05, 3.63) is 84.8 Å². The molecule has 28 heavy (non-hydrogen) atoms. The second kappa shape index (κ2) is 9.98. The van der Waals surface area contributed by atoms with Crippen LogP contribution in [-0.2, 0) is 0 Å². The van der Waals surface area contributed by atoms with Crippen molar-refractivity contribution >= 4 is 6.08 Å². The molecule has 2 aromatic carbocycles. The van der Waals surface area contributed by atoms with Gasteiger partial charge in [-0.05, 0) is 17.7 Å². The van der Waals surface area contributed by atoms with Gasteiger partial charge in [0.15, 0.2) is 0 Å². The van der Waals surface area contributed by atoms with Gasteiger partial charge in [0.25, 0.3) is 0 Å². The summed E-state index contributed by atoms with van der Waals surface area (Å²) in [6, 6.07) is 24.7. The van der Waals surface area contributed by atoms with E-state index in [4.69, 9.17) is 23.1 Å². The molecule has 0 aliphatic heterocycles. The van der Waals surface area contributed by atoms with Crippen molar-refractivity contribution < 1.29 is 33.3 Å². The molecule has 3 rings (SSSR count). The Balaban J connectivity index is 0.000000500. The Kier molecular flexibility index (Phi) is 7.69. The van der Waals surface area contributed by atoms with Crippen molar-refractivity contribution in [3.63, 3.8) is 0 Å². The maximum Gasteiger partial charge on any atom is 0.361 e. The monoisotopic (exact) mass is 401 g/mol. The third-order valence-electron chi connectivity index (χ3n) is 3.51. The summed E-state index contributed by atoms with van der Waals surface area (Å²) in [6.45, 7) is 0. The summed E-state index contributed by atoms with van der Waals surface area (Å²) in [5.74, 6) is 1.70. The molecule has 0 atom stereocenters. The van der Waals surface area contributed by atoms with Gasteiger partial charge in [-0.2, -0.15) is 0 Å². The summed E-state index contributed by atoms with van der Waals surface area (Å²) < 4.78 is 40.0. The highest BCUT2D eigenvalue weighted by Crippen LogP contribution is 2.28. The van der Waals surface area contributed by atoms with Gasteiger partial charge in [0, 0.05) is 25.9 Å². The predicted octanol–water partition coefficient (Wildman–Crippen LogP) is 0.671. The van der Waals surface area contributed by atoms with Gasteiger partial charge in [-0.15, -0.1) is 10.2 Å². The first-order valence-electron chi connectivity index (χ1n) is 8.28. The van der Waals surface area contributed by atoms with Crippen LogP contribution < -0.4 is 18.6 Å². The van der Waals surface area contributed by atoms with Gasteiger partial charge >= 0.3 is 11.5 Å². The van der Waals surface area contributed by atoms with Crippen LogP contribution in [0.3, 0.4) is 0 Å². The Bertz CT molecular complexity index is 830. The summed E-state index contributed by atoms with van der Waals surface area (Å²) in [6.07, 6.45) is 3.97. The molecule has 0 saturated heterocycles. The second-order valence-corrected chi connectivity index (χ2v) is 6.76. The van der Waals surface area contributed by atoms with E-state index >= 15 is 0 Å². The molecule has 1 aromatic heterocycles. The fourth-order valence-electron chi connectivity index (χ4n) is 2.37. The molecule has 146 valence electrons. The van der Waals surface area contributed by atoms with Crippen LogP contribution in [0.15, 0.2) is 83.4 Å². The van der Waals surface area contributed by atoms with Crippen molar-refractivity contribution in [2.75, 3.05) is 14.1 Å². The maximum atomic E-state index is 8.49. The van der Waals surface area contributed by atoms with Crippen molar-refractivity contribution in [2.24, 2.45) is 0 Å². The zero-order chi connectivity index (χ0) is 20.6. The minimum atomic E-state index is -4.94. The molecule has 3 aromatic rings. The van der Waals surface area contributed by atoms with Gasteiger partial charge < -0.3 is 4.90 Å². The van der Waals surface area contributed by atoms with E-state index in [1.165, 1.54) is 5.56 Å². The average molecular weight is 402 g/mol. The SMILES string of the molecule is CN(C)/C=C/c1cc(-c2ccccc2)cc(-c2ccccc2)[o+]1.[O-][Cl+3]([O-])([O-])[O-]. The van der Waals surface area contributed by atoms with Crippen molar-refractivity contribution in [2.45, 2.75) is 0 Å². The van der Waals surface area contributed by atoms with E-state index in [0.717, 1.165) is 22.6 Å². The number of hydrogen-bond donors (Lipinski definition) is 0. The maximum absolute atomic E-state index is 8.49. The summed E-state index contributed by atoms with van der Waals surface area (Å²) >= 11 is 0. The largest absolute Gasteiger partial charge is 0.383 e. The van der Waals surface area contributed by atoms with Crippen LogP contribution in [0.1, 0.15) is 5.76 Å². The first kappa shape index (κ1) is 21.6. The van der Waals surface area contributed by atoms with E-state index in [0.29, 0.717) is 0 Å². The number of halogens is 1. The van der Waals surface area contributed by atoms with Crippen LogP contribution in [0.25, 0.3) is 28.5 Å². The first-order valence-corrected chi connectivity index (χ1v) is 9.51. The van der Waals surface area contributed by atoms with Crippen LogP contribution in [0.2, 0.25) is 0 Å². The van der Waals surface area contributed by atoms with Crippen molar-refractivity contribution in [1.82, 2.24) is 4.90 Å². The highest BCUT2D eigenvalue weighted by molar-refractivity contribution is 5.71. The Labute approximate surface area is 166 Å². The van der Waals surface area contributed by atoms with Gasteiger partial charge in [0.05, 0.1) is 23.8 Å². The number of hydrogen-bond acceptors (Lipinski definition) is 5. The predicted molar refractivity (Wildman–Crippen MR) is 96.7 cm³/mol. The lowest BCUT2D eigenvalue weighted by molar-refractivity contribution is -2.00. The summed E-state index contributed by atoms with van der Waals surface area (Å²) in [7, 11) is -0.953. The quantitative estimate of drug-likeness (QED) is 0.595. The average Bonchev–Trinajstić information content (AvgIpc) is 2.66. The lowest BCUT2D eigenvalue weighted by Gasteiger charge is -2.17. The molecule has 0 aliphatic rings. The summed E-state index contributed by atoms with van der Waals surface area (Å²) in [5.41, 5.74) is 3.40. The molecular formula is C21H20ClNO5. The lowest BCUT2D eigenvalue weighted by atomic mass is 10.0. The topological polar surface area (TPSA) is 107 Å². The molecule has 0 bridgehead atoms. The molecular weight excluding hydrogens is 382 g/mol. The standard InChI is InChI=1S/C21H20NO.ClHO4/c1-22(2)14-13-20-15-19(17-9-5-3-6-10-17)16-21(23-20)18-11-7-4-8-12-18;2-1(3,4)5/h3-16H,1-2H3;(H,2,3,4,5)/q+1;/p-1/b14-13+;. The molecule has 0 fully saturated rings. The Hall–Kier alpha value is -2.74.